The molecule has 4 atom stereocenters. The lowest BCUT2D eigenvalue weighted by Gasteiger charge is -2.53. The largest absolute Gasteiger partial charge is 0.386 e. The number of β-amino-alcohol motifs (C(OH)–C–C–N with tert-alkyl or cyclic N) is 1. The summed E-state index contributed by atoms with van der Waals surface area (Å²) < 4.78 is 4.55. The SMILES string of the molecule is OC1([C@@H]2CCCCN2PP)CN(P)C1. The predicted octanol–water partition coefficient (Wildman–Crippen LogP) is 1.06. The molecule has 0 aliphatic carbocycles. The first kappa shape index (κ1) is 11.6. The number of nitrogens with zero attached hydrogens (tertiary/aromatic N) is 2. The van der Waals surface area contributed by atoms with Crippen molar-refractivity contribution in [2.24, 2.45) is 0 Å². The quantitative estimate of drug-likeness (QED) is 0.744. The second-order valence-corrected chi connectivity index (χ2v) is 6.68. The Morgan fingerprint density at radius 2 is 2.07 bits per heavy atom. The van der Waals surface area contributed by atoms with E-state index in [2.05, 4.69) is 27.7 Å². The maximum atomic E-state index is 10.4. The Kier molecular flexibility index (Phi) is 3.81. The van der Waals surface area contributed by atoms with Crippen molar-refractivity contribution < 1.29 is 5.11 Å². The summed E-state index contributed by atoms with van der Waals surface area (Å²) in [6.45, 7) is 2.79. The number of hydrogen-bond acceptors (Lipinski definition) is 3. The van der Waals surface area contributed by atoms with Crippen LogP contribution in [0.5, 0.6) is 0 Å². The van der Waals surface area contributed by atoms with Gasteiger partial charge >= 0.3 is 0 Å². The molecule has 2 aliphatic rings. The van der Waals surface area contributed by atoms with E-state index >= 15 is 0 Å². The molecule has 0 bridgehead atoms. The molecule has 2 rings (SSSR count). The zero-order valence-corrected chi connectivity index (χ0v) is 11.6. The van der Waals surface area contributed by atoms with E-state index in [9.17, 15) is 5.11 Å². The number of aliphatic hydroxyl groups is 1. The first-order chi connectivity index (χ1) is 6.65. The fraction of sp³-hybridized carbons (Fsp3) is 1.00. The molecular weight excluding hydrogens is 233 g/mol. The topological polar surface area (TPSA) is 26.7 Å². The first-order valence-electron chi connectivity index (χ1n) is 5.11. The van der Waals surface area contributed by atoms with Gasteiger partial charge in [-0.3, -0.25) is 9.34 Å². The van der Waals surface area contributed by atoms with Gasteiger partial charge in [0.2, 0.25) is 0 Å². The third kappa shape index (κ3) is 2.14. The second kappa shape index (κ2) is 4.58. The standard InChI is InChI=1S/C8H19N2OP3/c11-8(5-9(12)6-8)7-3-1-2-4-10(7)14-13/h7,11,14H,1-6,12-13H2/t7-/m0/s1. The molecule has 6 heteroatoms. The van der Waals surface area contributed by atoms with E-state index in [0.717, 1.165) is 34.5 Å². The van der Waals surface area contributed by atoms with Gasteiger partial charge in [0.25, 0.3) is 0 Å². The van der Waals surface area contributed by atoms with Gasteiger partial charge in [-0.05, 0) is 21.3 Å². The summed E-state index contributed by atoms with van der Waals surface area (Å²) >= 11 is 0. The van der Waals surface area contributed by atoms with Crippen LogP contribution in [0.4, 0.5) is 0 Å². The first-order valence-corrected chi connectivity index (χ1v) is 8.38. The minimum absolute atomic E-state index is 0.392. The van der Waals surface area contributed by atoms with E-state index in [-0.39, 0.29) is 0 Å². The zero-order chi connectivity index (χ0) is 10.2. The molecule has 3 unspecified atom stereocenters. The third-order valence-electron chi connectivity index (χ3n) is 3.24. The van der Waals surface area contributed by atoms with Gasteiger partial charge in [0.15, 0.2) is 0 Å². The molecule has 2 aliphatic heterocycles. The lowest BCUT2D eigenvalue weighted by Crippen LogP contribution is -2.67. The number of piperidine rings is 1. The summed E-state index contributed by atoms with van der Waals surface area (Å²) in [4.78, 5) is 0. The van der Waals surface area contributed by atoms with Crippen molar-refractivity contribution in [1.29, 1.82) is 0 Å². The Balaban J connectivity index is 2.00. The molecule has 2 saturated heterocycles. The number of hydrogen-bond donors (Lipinski definition) is 1. The van der Waals surface area contributed by atoms with Crippen molar-refractivity contribution >= 4 is 26.7 Å². The molecule has 0 radical (unpaired) electrons. The van der Waals surface area contributed by atoms with Crippen LogP contribution < -0.4 is 0 Å². The Hall–Kier alpha value is 1.17. The van der Waals surface area contributed by atoms with Gasteiger partial charge < -0.3 is 5.11 Å². The highest BCUT2D eigenvalue weighted by Gasteiger charge is 2.48. The van der Waals surface area contributed by atoms with Crippen LogP contribution in [-0.2, 0) is 0 Å². The second-order valence-electron chi connectivity index (χ2n) is 4.34. The van der Waals surface area contributed by atoms with Gasteiger partial charge in [0.05, 0.1) is 0 Å². The van der Waals surface area contributed by atoms with Crippen LogP contribution in [-0.4, -0.2) is 45.7 Å². The van der Waals surface area contributed by atoms with E-state index in [0.29, 0.717) is 6.04 Å². The average molecular weight is 252 g/mol. The lowest BCUT2D eigenvalue weighted by molar-refractivity contribution is -0.106. The number of rotatable bonds is 2. The molecule has 0 saturated carbocycles. The normalized spacial score (nSPS) is 34.9. The molecular formula is C8H19N2OP3. The van der Waals surface area contributed by atoms with Gasteiger partial charge in [-0.2, -0.15) is 0 Å². The van der Waals surface area contributed by atoms with Crippen LogP contribution in [0, 0.1) is 0 Å². The van der Waals surface area contributed by atoms with E-state index in [1.165, 1.54) is 12.8 Å². The van der Waals surface area contributed by atoms with Crippen molar-refractivity contribution in [2.45, 2.75) is 30.9 Å². The summed E-state index contributed by atoms with van der Waals surface area (Å²) in [6.07, 6.45) is 3.73. The summed E-state index contributed by atoms with van der Waals surface area (Å²) in [5.41, 5.74) is -0.439. The minimum Gasteiger partial charge on any atom is -0.386 e. The van der Waals surface area contributed by atoms with Crippen LogP contribution in [0.25, 0.3) is 0 Å². The Morgan fingerprint density at radius 3 is 2.64 bits per heavy atom. The van der Waals surface area contributed by atoms with Gasteiger partial charge in [0, 0.05) is 25.7 Å². The van der Waals surface area contributed by atoms with E-state index in [1.807, 2.05) is 0 Å². The molecule has 82 valence electrons. The van der Waals surface area contributed by atoms with Crippen LogP contribution in [0.2, 0.25) is 0 Å². The summed E-state index contributed by atoms with van der Waals surface area (Å²) in [5, 5.41) is 10.4. The predicted molar refractivity (Wildman–Crippen MR) is 68.6 cm³/mol. The Bertz CT molecular complexity index is 211. The van der Waals surface area contributed by atoms with Crippen molar-refractivity contribution in [1.82, 2.24) is 9.34 Å². The Labute approximate surface area is 92.2 Å². The lowest BCUT2D eigenvalue weighted by atomic mass is 9.83. The van der Waals surface area contributed by atoms with Crippen molar-refractivity contribution in [3.8, 4) is 0 Å². The Morgan fingerprint density at radius 1 is 1.36 bits per heavy atom. The van der Waals surface area contributed by atoms with Crippen LogP contribution >= 0.6 is 26.7 Å². The van der Waals surface area contributed by atoms with Crippen molar-refractivity contribution in [2.75, 3.05) is 19.6 Å². The summed E-state index contributed by atoms with van der Waals surface area (Å²) in [6, 6.07) is 0.392. The molecule has 14 heavy (non-hydrogen) atoms. The van der Waals surface area contributed by atoms with Crippen LogP contribution in [0.15, 0.2) is 0 Å². The monoisotopic (exact) mass is 252 g/mol. The summed E-state index contributed by atoms with van der Waals surface area (Å²) in [7, 11) is 6.22. The molecule has 0 aromatic carbocycles. The fourth-order valence-electron chi connectivity index (χ4n) is 2.51. The van der Waals surface area contributed by atoms with E-state index in [4.69, 9.17) is 0 Å². The molecule has 2 heterocycles. The fourth-order valence-corrected chi connectivity index (χ4v) is 4.91. The van der Waals surface area contributed by atoms with E-state index in [1.54, 1.807) is 0 Å². The maximum absolute atomic E-state index is 10.4. The molecule has 0 aromatic rings. The third-order valence-corrected chi connectivity index (χ3v) is 5.47. The van der Waals surface area contributed by atoms with Gasteiger partial charge in [0.1, 0.15) is 5.60 Å². The molecule has 0 aromatic heterocycles. The van der Waals surface area contributed by atoms with Crippen LogP contribution in [0.3, 0.4) is 0 Å². The maximum Gasteiger partial charge on any atom is 0.106 e. The van der Waals surface area contributed by atoms with Gasteiger partial charge in [-0.25, -0.2) is 0 Å². The van der Waals surface area contributed by atoms with Gasteiger partial charge in [-0.15, -0.1) is 0 Å². The van der Waals surface area contributed by atoms with Crippen molar-refractivity contribution in [3.63, 3.8) is 0 Å². The highest BCUT2D eigenvalue weighted by Crippen LogP contribution is 2.41. The average Bonchev–Trinajstić information content (AvgIpc) is 2.15. The molecule has 3 nitrogen and oxygen atoms in total. The van der Waals surface area contributed by atoms with Crippen molar-refractivity contribution in [3.05, 3.63) is 0 Å². The molecule has 0 amide bonds. The highest BCUT2D eigenvalue weighted by atomic mass is 32.0. The molecule has 0 spiro atoms. The van der Waals surface area contributed by atoms with E-state index < -0.39 is 5.60 Å². The van der Waals surface area contributed by atoms with Crippen LogP contribution in [0.1, 0.15) is 19.3 Å². The summed E-state index contributed by atoms with van der Waals surface area (Å²) in [5.74, 6) is 0. The smallest absolute Gasteiger partial charge is 0.106 e. The minimum atomic E-state index is -0.439. The molecule has 1 N–H and O–H groups in total. The van der Waals surface area contributed by atoms with Gasteiger partial charge in [-0.1, -0.05) is 24.7 Å². The highest BCUT2D eigenvalue weighted by molar-refractivity contribution is 8.01. The molecule has 2 fully saturated rings. The zero-order valence-electron chi connectivity index (χ0n) is 8.32.